The highest BCUT2D eigenvalue weighted by Crippen LogP contribution is 2.17. The Labute approximate surface area is 185 Å². The fourth-order valence-corrected chi connectivity index (χ4v) is 3.81. The third-order valence-electron chi connectivity index (χ3n) is 5.64. The molecule has 1 saturated heterocycles. The van der Waals surface area contributed by atoms with Crippen molar-refractivity contribution in [3.8, 4) is 0 Å². The fourth-order valence-electron chi connectivity index (χ4n) is 3.81. The summed E-state index contributed by atoms with van der Waals surface area (Å²) in [6.07, 6.45) is 2.36. The third kappa shape index (κ3) is 7.72. The monoisotopic (exact) mass is 422 g/mol. The van der Waals surface area contributed by atoms with Crippen LogP contribution in [0.4, 0.5) is 5.69 Å². The number of hydrogen-bond donors (Lipinski definition) is 2. The van der Waals surface area contributed by atoms with Gasteiger partial charge in [-0.3, -0.25) is 14.5 Å². The highest BCUT2D eigenvalue weighted by atomic mass is 16.2. The standard InChI is InChI=1S/C25H34N4O2/c1-21-8-7-11-23(20-21)29-18-16-28(17-19-29)15-6-5-13-26-24(30)12-14-27-25(31)22-9-3-2-4-10-22/h2-4,7-11,20H,5-6,12-19H2,1H3,(H,26,30)(H,27,31). The number of rotatable bonds is 10. The molecule has 166 valence electrons. The summed E-state index contributed by atoms with van der Waals surface area (Å²) in [6.45, 7) is 8.55. The van der Waals surface area contributed by atoms with Crippen molar-refractivity contribution in [2.24, 2.45) is 0 Å². The van der Waals surface area contributed by atoms with Crippen molar-refractivity contribution in [2.75, 3.05) is 50.7 Å². The number of aryl methyl sites for hydroxylation is 1. The summed E-state index contributed by atoms with van der Waals surface area (Å²) >= 11 is 0. The maximum Gasteiger partial charge on any atom is 0.251 e. The first kappa shape index (κ1) is 22.8. The zero-order chi connectivity index (χ0) is 21.9. The molecule has 1 heterocycles. The van der Waals surface area contributed by atoms with Crippen LogP contribution in [0.5, 0.6) is 0 Å². The van der Waals surface area contributed by atoms with Gasteiger partial charge in [0, 0.05) is 56.9 Å². The Hall–Kier alpha value is -2.86. The molecule has 0 unspecified atom stereocenters. The zero-order valence-electron chi connectivity index (χ0n) is 18.5. The summed E-state index contributed by atoms with van der Waals surface area (Å²) in [4.78, 5) is 28.8. The summed E-state index contributed by atoms with van der Waals surface area (Å²) in [5.41, 5.74) is 3.24. The number of benzene rings is 2. The minimum absolute atomic E-state index is 0.0138. The summed E-state index contributed by atoms with van der Waals surface area (Å²) in [5, 5.41) is 5.73. The molecule has 31 heavy (non-hydrogen) atoms. The van der Waals surface area contributed by atoms with Crippen LogP contribution in [0.1, 0.15) is 35.2 Å². The fraction of sp³-hybridized carbons (Fsp3) is 0.440. The average molecular weight is 423 g/mol. The van der Waals surface area contributed by atoms with Gasteiger partial charge < -0.3 is 15.5 Å². The second-order valence-corrected chi connectivity index (χ2v) is 8.10. The van der Waals surface area contributed by atoms with Crippen molar-refractivity contribution in [3.05, 3.63) is 65.7 Å². The van der Waals surface area contributed by atoms with Gasteiger partial charge in [0.2, 0.25) is 5.91 Å². The largest absolute Gasteiger partial charge is 0.369 e. The number of amides is 2. The molecule has 0 atom stereocenters. The third-order valence-corrected chi connectivity index (χ3v) is 5.64. The van der Waals surface area contributed by atoms with E-state index < -0.39 is 0 Å². The number of hydrogen-bond acceptors (Lipinski definition) is 4. The van der Waals surface area contributed by atoms with Crippen LogP contribution >= 0.6 is 0 Å². The SMILES string of the molecule is Cc1cccc(N2CCN(CCCCNC(=O)CCNC(=O)c3ccccc3)CC2)c1. The molecular formula is C25H34N4O2. The molecule has 1 aliphatic rings. The topological polar surface area (TPSA) is 64.7 Å². The number of nitrogens with zero attached hydrogens (tertiary/aromatic N) is 2. The molecule has 1 fully saturated rings. The number of nitrogens with one attached hydrogen (secondary N) is 2. The van der Waals surface area contributed by atoms with E-state index in [0.717, 1.165) is 45.6 Å². The van der Waals surface area contributed by atoms with Gasteiger partial charge in [0.05, 0.1) is 0 Å². The van der Waals surface area contributed by atoms with Crippen LogP contribution in [0.15, 0.2) is 54.6 Å². The summed E-state index contributed by atoms with van der Waals surface area (Å²) < 4.78 is 0. The molecule has 0 aromatic heterocycles. The van der Waals surface area contributed by atoms with Crippen LogP contribution in [0, 0.1) is 6.92 Å². The molecule has 1 aliphatic heterocycles. The number of anilines is 1. The number of carbonyl (C=O) groups is 2. The normalized spacial score (nSPS) is 14.3. The van der Waals surface area contributed by atoms with Gasteiger partial charge in [-0.25, -0.2) is 0 Å². The van der Waals surface area contributed by atoms with Gasteiger partial charge in [-0.1, -0.05) is 30.3 Å². The van der Waals surface area contributed by atoms with Crippen LogP contribution in [-0.4, -0.2) is 62.5 Å². The highest BCUT2D eigenvalue weighted by molar-refractivity contribution is 5.94. The van der Waals surface area contributed by atoms with Crippen molar-refractivity contribution in [1.29, 1.82) is 0 Å². The first-order valence-corrected chi connectivity index (χ1v) is 11.3. The van der Waals surface area contributed by atoms with Gasteiger partial charge in [0.1, 0.15) is 0 Å². The lowest BCUT2D eigenvalue weighted by atomic mass is 10.2. The second kappa shape index (κ2) is 12.1. The van der Waals surface area contributed by atoms with Gasteiger partial charge in [-0.2, -0.15) is 0 Å². The molecule has 2 aromatic carbocycles. The Morgan fingerprint density at radius 1 is 0.871 bits per heavy atom. The van der Waals surface area contributed by atoms with Crippen LogP contribution in [-0.2, 0) is 4.79 Å². The molecule has 0 aliphatic carbocycles. The van der Waals surface area contributed by atoms with E-state index in [1.165, 1.54) is 11.3 Å². The van der Waals surface area contributed by atoms with Crippen LogP contribution in [0.25, 0.3) is 0 Å². The Morgan fingerprint density at radius 3 is 2.39 bits per heavy atom. The molecule has 0 spiro atoms. The van der Waals surface area contributed by atoms with E-state index in [2.05, 4.69) is 51.6 Å². The molecule has 2 N–H and O–H groups in total. The smallest absolute Gasteiger partial charge is 0.251 e. The average Bonchev–Trinajstić information content (AvgIpc) is 2.80. The second-order valence-electron chi connectivity index (χ2n) is 8.10. The number of carbonyl (C=O) groups excluding carboxylic acids is 2. The number of unbranched alkanes of at least 4 members (excludes halogenated alkanes) is 1. The predicted molar refractivity (Wildman–Crippen MR) is 125 cm³/mol. The van der Waals surface area contributed by atoms with E-state index in [4.69, 9.17) is 0 Å². The molecule has 6 nitrogen and oxygen atoms in total. The van der Waals surface area contributed by atoms with Gasteiger partial charge >= 0.3 is 0 Å². The van der Waals surface area contributed by atoms with E-state index >= 15 is 0 Å². The maximum absolute atomic E-state index is 11.9. The van der Waals surface area contributed by atoms with E-state index in [1.807, 2.05) is 18.2 Å². The lowest BCUT2D eigenvalue weighted by Gasteiger charge is -2.36. The van der Waals surface area contributed by atoms with Crippen LogP contribution in [0.3, 0.4) is 0 Å². The molecule has 2 aromatic rings. The first-order valence-electron chi connectivity index (χ1n) is 11.3. The molecule has 3 rings (SSSR count). The van der Waals surface area contributed by atoms with Gasteiger partial charge in [0.15, 0.2) is 0 Å². The lowest BCUT2D eigenvalue weighted by Crippen LogP contribution is -2.46. The Morgan fingerprint density at radius 2 is 1.65 bits per heavy atom. The highest BCUT2D eigenvalue weighted by Gasteiger charge is 2.16. The molecular weight excluding hydrogens is 388 g/mol. The first-order chi connectivity index (χ1) is 15.1. The summed E-state index contributed by atoms with van der Waals surface area (Å²) in [5.74, 6) is -0.156. The Kier molecular flexibility index (Phi) is 8.91. The Bertz CT molecular complexity index is 832. The van der Waals surface area contributed by atoms with Crippen molar-refractivity contribution in [3.63, 3.8) is 0 Å². The Balaban J connectivity index is 1.21. The summed E-state index contributed by atoms with van der Waals surface area (Å²) in [7, 11) is 0. The van der Waals surface area contributed by atoms with E-state index in [1.54, 1.807) is 12.1 Å². The molecule has 0 bridgehead atoms. The quantitative estimate of drug-likeness (QED) is 0.578. The molecule has 2 amide bonds. The minimum atomic E-state index is -0.143. The summed E-state index contributed by atoms with van der Waals surface area (Å²) in [6, 6.07) is 17.8. The zero-order valence-corrected chi connectivity index (χ0v) is 18.5. The number of piperazine rings is 1. The van der Waals surface area contributed by atoms with Crippen molar-refractivity contribution in [1.82, 2.24) is 15.5 Å². The van der Waals surface area contributed by atoms with Gasteiger partial charge in [-0.15, -0.1) is 0 Å². The van der Waals surface area contributed by atoms with E-state index in [9.17, 15) is 9.59 Å². The molecule has 0 saturated carbocycles. The predicted octanol–water partition coefficient (Wildman–Crippen LogP) is 2.83. The van der Waals surface area contributed by atoms with Crippen molar-refractivity contribution >= 4 is 17.5 Å². The lowest BCUT2D eigenvalue weighted by molar-refractivity contribution is -0.120. The van der Waals surface area contributed by atoms with Crippen molar-refractivity contribution in [2.45, 2.75) is 26.2 Å². The van der Waals surface area contributed by atoms with E-state index in [-0.39, 0.29) is 11.8 Å². The molecule has 0 radical (unpaired) electrons. The van der Waals surface area contributed by atoms with E-state index in [0.29, 0.717) is 25.1 Å². The van der Waals surface area contributed by atoms with Gasteiger partial charge in [0.25, 0.3) is 5.91 Å². The van der Waals surface area contributed by atoms with Crippen LogP contribution < -0.4 is 15.5 Å². The van der Waals surface area contributed by atoms with Crippen molar-refractivity contribution < 1.29 is 9.59 Å². The minimum Gasteiger partial charge on any atom is -0.369 e. The van der Waals surface area contributed by atoms with Gasteiger partial charge in [-0.05, 0) is 56.1 Å². The van der Waals surface area contributed by atoms with Crippen LogP contribution in [0.2, 0.25) is 0 Å². The maximum atomic E-state index is 11.9. The molecule has 6 heteroatoms.